The van der Waals surface area contributed by atoms with Crippen molar-refractivity contribution in [2.75, 3.05) is 40.1 Å². The number of methoxy groups -OCH3 is 1. The Morgan fingerprint density at radius 2 is 1.27 bits per heavy atom. The van der Waals surface area contributed by atoms with E-state index in [-0.39, 0.29) is 44.6 Å². The second kappa shape index (κ2) is 33.5. The summed E-state index contributed by atoms with van der Waals surface area (Å²) in [6, 6.07) is -1.78. The van der Waals surface area contributed by atoms with Crippen LogP contribution >= 0.6 is 7.82 Å². The van der Waals surface area contributed by atoms with Crippen LogP contribution in [-0.4, -0.2) is 92.0 Å². The van der Waals surface area contributed by atoms with Crippen molar-refractivity contribution in [2.45, 2.75) is 174 Å². The molecule has 15 heteroatoms. The zero-order valence-electron chi connectivity index (χ0n) is 32.6. The summed E-state index contributed by atoms with van der Waals surface area (Å²) in [5.74, 6) is -2.47. The molecule has 0 saturated heterocycles. The number of hydrogen-bond acceptors (Lipinski definition) is 9. The van der Waals surface area contributed by atoms with E-state index in [0.717, 1.165) is 38.5 Å². The first-order chi connectivity index (χ1) is 24.9. The summed E-state index contributed by atoms with van der Waals surface area (Å²) in [7, 11) is -2.89. The van der Waals surface area contributed by atoms with Crippen molar-refractivity contribution in [2.24, 2.45) is 0 Å². The summed E-state index contributed by atoms with van der Waals surface area (Å²) in [5.41, 5.74) is 0. The molecule has 306 valence electrons. The Kier molecular flexibility index (Phi) is 32.1. The second-order valence-corrected chi connectivity index (χ2v) is 15.0. The maximum absolute atomic E-state index is 12.8. The quantitative estimate of drug-likeness (QED) is 0.0339. The monoisotopic (exact) mass is 765 g/mol. The van der Waals surface area contributed by atoms with Crippen LogP contribution in [0.4, 0.5) is 0 Å². The Morgan fingerprint density at radius 3 is 1.83 bits per heavy atom. The van der Waals surface area contributed by atoms with Crippen molar-refractivity contribution in [1.82, 2.24) is 16.0 Å². The molecule has 0 spiro atoms. The van der Waals surface area contributed by atoms with Crippen LogP contribution in [0.3, 0.4) is 0 Å². The predicted octanol–water partition coefficient (Wildman–Crippen LogP) is 6.57. The summed E-state index contributed by atoms with van der Waals surface area (Å²) in [6.45, 7) is 5.13. The molecule has 0 rings (SSSR count). The fourth-order valence-corrected chi connectivity index (χ4v) is 6.40. The average molecular weight is 766 g/mol. The highest BCUT2D eigenvalue weighted by Gasteiger charge is 2.25. The molecular formula is C37H72N3O11P. The van der Waals surface area contributed by atoms with Gasteiger partial charge in [-0.3, -0.25) is 28.2 Å². The van der Waals surface area contributed by atoms with E-state index in [9.17, 15) is 28.6 Å². The third-order valence-corrected chi connectivity index (χ3v) is 9.66. The van der Waals surface area contributed by atoms with Crippen LogP contribution in [0, 0.1) is 0 Å². The van der Waals surface area contributed by atoms with Gasteiger partial charge in [0.2, 0.25) is 17.7 Å². The molecule has 0 fully saturated rings. The number of ether oxygens (including phenoxy) is 2. The standard InChI is InChI=1S/C37H72N3O11P/c1-5-7-9-11-12-13-14-15-16-18-20-22-35(42)40-32(29-49-27-25-33(48-4)21-19-17-10-8-6-2)30-51-52(46,47)50-28-26-38-37(45)34(39-31(3)41)23-24-36(43)44/h32-34H,5-30H2,1-4H3,(H,38,45)(H,39,41)(H,40,42)(H,43,44)(H,46,47)/t32-,33-,34+/m1/s1. The molecule has 0 heterocycles. The number of carboxylic acid groups (broad SMARTS) is 1. The number of unbranched alkanes of at least 4 members (excludes halogenated alkanes) is 14. The number of hydrogen-bond donors (Lipinski definition) is 5. The van der Waals surface area contributed by atoms with Crippen molar-refractivity contribution < 1.29 is 52.3 Å². The topological polar surface area (TPSA) is 199 Å². The smallest absolute Gasteiger partial charge is 0.472 e. The normalized spacial score (nSPS) is 14.2. The number of nitrogens with one attached hydrogen (secondary N) is 3. The fourth-order valence-electron chi connectivity index (χ4n) is 5.64. The summed E-state index contributed by atoms with van der Waals surface area (Å²) in [5, 5.41) is 16.6. The van der Waals surface area contributed by atoms with Gasteiger partial charge >= 0.3 is 13.8 Å². The first kappa shape index (κ1) is 49.9. The third kappa shape index (κ3) is 31.4. The number of carbonyl (C=O) groups excluding carboxylic acids is 3. The van der Waals surface area contributed by atoms with E-state index in [1.165, 1.54) is 77.6 Å². The largest absolute Gasteiger partial charge is 0.481 e. The molecule has 52 heavy (non-hydrogen) atoms. The number of carboxylic acids is 1. The Labute approximate surface area is 313 Å². The molecule has 14 nitrogen and oxygen atoms in total. The lowest BCUT2D eigenvalue weighted by Gasteiger charge is -2.22. The second-order valence-electron chi connectivity index (χ2n) is 13.5. The molecule has 0 aliphatic heterocycles. The van der Waals surface area contributed by atoms with Gasteiger partial charge in [0.1, 0.15) is 6.04 Å². The van der Waals surface area contributed by atoms with Gasteiger partial charge in [0.05, 0.1) is 32.0 Å². The van der Waals surface area contributed by atoms with E-state index >= 15 is 0 Å². The van der Waals surface area contributed by atoms with Gasteiger partial charge in [0.15, 0.2) is 0 Å². The molecule has 3 amide bonds. The summed E-state index contributed by atoms with van der Waals surface area (Å²) in [4.78, 5) is 57.8. The lowest BCUT2D eigenvalue weighted by atomic mass is 10.1. The van der Waals surface area contributed by atoms with Crippen molar-refractivity contribution in [3.8, 4) is 0 Å². The zero-order chi connectivity index (χ0) is 38.9. The highest BCUT2D eigenvalue weighted by Crippen LogP contribution is 2.42. The van der Waals surface area contributed by atoms with Gasteiger partial charge in [-0.15, -0.1) is 0 Å². The molecule has 0 radical (unpaired) electrons. The third-order valence-electron chi connectivity index (χ3n) is 8.67. The molecule has 0 saturated carbocycles. The molecule has 0 bridgehead atoms. The van der Waals surface area contributed by atoms with Gasteiger partial charge < -0.3 is 35.4 Å². The van der Waals surface area contributed by atoms with Gasteiger partial charge in [-0.25, -0.2) is 4.57 Å². The van der Waals surface area contributed by atoms with Crippen LogP contribution in [0.2, 0.25) is 0 Å². The summed E-state index contributed by atoms with van der Waals surface area (Å²) in [6.07, 6.45) is 20.4. The molecule has 1 unspecified atom stereocenters. The van der Waals surface area contributed by atoms with Crippen LogP contribution in [0.1, 0.15) is 156 Å². The Bertz CT molecular complexity index is 989. The van der Waals surface area contributed by atoms with Gasteiger partial charge in [-0.2, -0.15) is 0 Å². The number of rotatable bonds is 37. The summed E-state index contributed by atoms with van der Waals surface area (Å²) >= 11 is 0. The number of aliphatic carboxylic acids is 1. The number of phosphoric acid groups is 1. The van der Waals surface area contributed by atoms with Crippen molar-refractivity contribution in [3.63, 3.8) is 0 Å². The molecular weight excluding hydrogens is 693 g/mol. The van der Waals surface area contributed by atoms with Gasteiger partial charge in [-0.05, 0) is 25.7 Å². The van der Waals surface area contributed by atoms with Crippen LogP contribution in [0.5, 0.6) is 0 Å². The lowest BCUT2D eigenvalue weighted by Crippen LogP contribution is -2.47. The van der Waals surface area contributed by atoms with E-state index in [1.54, 1.807) is 7.11 Å². The maximum atomic E-state index is 12.8. The highest BCUT2D eigenvalue weighted by molar-refractivity contribution is 7.47. The van der Waals surface area contributed by atoms with Crippen LogP contribution < -0.4 is 16.0 Å². The Hall–Kier alpha value is -2.09. The number of phosphoric ester groups is 1. The predicted molar refractivity (Wildman–Crippen MR) is 202 cm³/mol. The Balaban J connectivity index is 4.84. The van der Waals surface area contributed by atoms with Gasteiger partial charge in [-0.1, -0.05) is 110 Å². The van der Waals surface area contributed by atoms with Crippen LogP contribution in [-0.2, 0) is 42.3 Å². The summed E-state index contributed by atoms with van der Waals surface area (Å²) < 4.78 is 34.3. The first-order valence-electron chi connectivity index (χ1n) is 19.7. The van der Waals surface area contributed by atoms with E-state index in [0.29, 0.717) is 19.4 Å². The number of carbonyl (C=O) groups is 4. The molecule has 0 aromatic rings. The minimum atomic E-state index is -4.58. The van der Waals surface area contributed by atoms with Crippen LogP contribution in [0.15, 0.2) is 0 Å². The van der Waals surface area contributed by atoms with E-state index in [1.807, 2.05) is 0 Å². The van der Waals surface area contributed by atoms with Crippen LogP contribution in [0.25, 0.3) is 0 Å². The number of amides is 3. The molecule has 0 aliphatic carbocycles. The SMILES string of the molecule is CCCCCCCCCCCCCC(=O)N[C@H](COCC[C@@H](CCCCCCC)OC)COP(=O)(O)OCCNC(=O)[C@H](CCC(=O)O)NC(C)=O. The van der Waals surface area contributed by atoms with Gasteiger partial charge in [0, 0.05) is 40.0 Å². The molecule has 5 N–H and O–H groups in total. The van der Waals surface area contributed by atoms with E-state index in [2.05, 4.69) is 29.8 Å². The van der Waals surface area contributed by atoms with Crippen molar-refractivity contribution >= 4 is 31.5 Å². The van der Waals surface area contributed by atoms with Crippen molar-refractivity contribution in [3.05, 3.63) is 0 Å². The first-order valence-corrected chi connectivity index (χ1v) is 21.2. The molecule has 0 aromatic heterocycles. The molecule has 4 atom stereocenters. The minimum Gasteiger partial charge on any atom is -0.481 e. The molecule has 0 aliphatic rings. The molecule has 0 aromatic carbocycles. The van der Waals surface area contributed by atoms with E-state index in [4.69, 9.17) is 23.6 Å². The highest BCUT2D eigenvalue weighted by atomic mass is 31.2. The zero-order valence-corrected chi connectivity index (χ0v) is 33.5. The maximum Gasteiger partial charge on any atom is 0.472 e. The van der Waals surface area contributed by atoms with E-state index < -0.39 is 44.3 Å². The van der Waals surface area contributed by atoms with Crippen molar-refractivity contribution in [1.29, 1.82) is 0 Å². The average Bonchev–Trinajstić information content (AvgIpc) is 3.10. The fraction of sp³-hybridized carbons (Fsp3) is 0.892. The Morgan fingerprint density at radius 1 is 0.692 bits per heavy atom. The lowest BCUT2D eigenvalue weighted by molar-refractivity contribution is -0.138. The minimum absolute atomic E-state index is 0.0595. The van der Waals surface area contributed by atoms with Gasteiger partial charge in [0.25, 0.3) is 0 Å².